The number of hydrogen-bond donors (Lipinski definition) is 0. The van der Waals surface area contributed by atoms with E-state index in [2.05, 4.69) is 0 Å². The second-order valence-corrected chi connectivity index (χ2v) is 6.25. The van der Waals surface area contributed by atoms with Gasteiger partial charge in [-0.2, -0.15) is 0 Å². The van der Waals surface area contributed by atoms with Gasteiger partial charge in [-0.15, -0.1) is 11.8 Å². The Balaban J connectivity index is 1.86. The molecule has 0 saturated carbocycles. The number of benzene rings is 1. The van der Waals surface area contributed by atoms with Gasteiger partial charge in [-0.25, -0.2) is 0 Å². The Morgan fingerprint density at radius 3 is 2.74 bits per heavy atom. The molecule has 96 valence electrons. The largest absolute Gasteiger partial charge is 0.291 e. The molecule has 19 heavy (non-hydrogen) atoms. The number of rotatable bonds is 2. The fourth-order valence-electron chi connectivity index (χ4n) is 1.99. The molecule has 0 radical (unpaired) electrons. The summed E-state index contributed by atoms with van der Waals surface area (Å²) in [5.74, 6) is 0.637. The first-order chi connectivity index (χ1) is 9.25. The Labute approximate surface area is 119 Å². The molecule has 5 heteroatoms. The minimum Gasteiger partial charge on any atom is -0.291 e. The van der Waals surface area contributed by atoms with E-state index in [4.69, 9.17) is 0 Å². The molecule has 0 fully saturated rings. The SMILES string of the molecule is O=C(Sc1ccccc1)C1CSc2cccc(=O)n21. The van der Waals surface area contributed by atoms with Gasteiger partial charge in [0.15, 0.2) is 0 Å². The third kappa shape index (κ3) is 2.48. The zero-order chi connectivity index (χ0) is 13.2. The maximum absolute atomic E-state index is 12.3. The predicted molar refractivity (Wildman–Crippen MR) is 77.8 cm³/mol. The van der Waals surface area contributed by atoms with E-state index in [1.165, 1.54) is 17.8 Å². The molecule has 1 aliphatic rings. The summed E-state index contributed by atoms with van der Waals surface area (Å²) in [5.41, 5.74) is -0.102. The number of hydrogen-bond acceptors (Lipinski definition) is 4. The van der Waals surface area contributed by atoms with Crippen molar-refractivity contribution in [2.75, 3.05) is 5.75 Å². The lowest BCUT2D eigenvalue weighted by Gasteiger charge is -2.11. The van der Waals surface area contributed by atoms with Crippen molar-refractivity contribution in [2.45, 2.75) is 16.0 Å². The van der Waals surface area contributed by atoms with Crippen molar-refractivity contribution in [3.8, 4) is 0 Å². The molecule has 1 aliphatic heterocycles. The maximum atomic E-state index is 12.3. The Hall–Kier alpha value is -1.46. The second kappa shape index (κ2) is 5.27. The lowest BCUT2D eigenvalue weighted by Crippen LogP contribution is -2.26. The lowest BCUT2D eigenvalue weighted by atomic mass is 10.3. The second-order valence-electron chi connectivity index (χ2n) is 4.13. The van der Waals surface area contributed by atoms with Gasteiger partial charge >= 0.3 is 0 Å². The van der Waals surface area contributed by atoms with Crippen molar-refractivity contribution in [1.29, 1.82) is 0 Å². The molecule has 1 aromatic heterocycles. The van der Waals surface area contributed by atoms with Crippen LogP contribution in [0.2, 0.25) is 0 Å². The van der Waals surface area contributed by atoms with Gasteiger partial charge in [0.2, 0.25) is 5.12 Å². The van der Waals surface area contributed by atoms with Crippen LogP contribution in [0.3, 0.4) is 0 Å². The molecule has 0 bridgehead atoms. The predicted octanol–water partition coefficient (Wildman–Crippen LogP) is 2.81. The number of carbonyl (C=O) groups excluding carboxylic acids is 1. The molecule has 0 N–H and O–H groups in total. The number of pyridine rings is 1. The zero-order valence-corrected chi connectivity index (χ0v) is 11.6. The highest BCUT2D eigenvalue weighted by molar-refractivity contribution is 8.13. The Kier molecular flexibility index (Phi) is 3.48. The van der Waals surface area contributed by atoms with Gasteiger partial charge in [-0.3, -0.25) is 14.2 Å². The molecule has 1 unspecified atom stereocenters. The van der Waals surface area contributed by atoms with E-state index in [1.807, 2.05) is 36.4 Å². The van der Waals surface area contributed by atoms with Gasteiger partial charge in [0.25, 0.3) is 5.56 Å². The van der Waals surface area contributed by atoms with Crippen LogP contribution in [-0.4, -0.2) is 15.4 Å². The number of aromatic nitrogens is 1. The Morgan fingerprint density at radius 1 is 1.16 bits per heavy atom. The van der Waals surface area contributed by atoms with Crippen molar-refractivity contribution < 1.29 is 4.79 Å². The van der Waals surface area contributed by atoms with Crippen molar-refractivity contribution in [3.63, 3.8) is 0 Å². The maximum Gasteiger partial charge on any atom is 0.252 e. The summed E-state index contributed by atoms with van der Waals surface area (Å²) >= 11 is 2.76. The summed E-state index contributed by atoms with van der Waals surface area (Å²) in [4.78, 5) is 25.1. The molecule has 3 nitrogen and oxygen atoms in total. The van der Waals surface area contributed by atoms with Gasteiger partial charge in [0.05, 0.1) is 5.03 Å². The van der Waals surface area contributed by atoms with Crippen molar-refractivity contribution in [2.24, 2.45) is 0 Å². The van der Waals surface area contributed by atoms with E-state index in [-0.39, 0.29) is 16.7 Å². The topological polar surface area (TPSA) is 39.1 Å². The van der Waals surface area contributed by atoms with Crippen LogP contribution in [0, 0.1) is 0 Å². The van der Waals surface area contributed by atoms with Crippen LogP contribution in [0.1, 0.15) is 6.04 Å². The van der Waals surface area contributed by atoms with Gasteiger partial charge < -0.3 is 0 Å². The van der Waals surface area contributed by atoms with E-state index >= 15 is 0 Å². The van der Waals surface area contributed by atoms with E-state index in [1.54, 1.807) is 22.4 Å². The summed E-state index contributed by atoms with van der Waals surface area (Å²) in [6.07, 6.45) is 0. The summed E-state index contributed by atoms with van der Waals surface area (Å²) < 4.78 is 1.60. The van der Waals surface area contributed by atoms with Crippen LogP contribution in [0.15, 0.2) is 63.2 Å². The molecule has 2 aromatic rings. The van der Waals surface area contributed by atoms with Gasteiger partial charge in [-0.1, -0.05) is 24.3 Å². The summed E-state index contributed by atoms with van der Waals surface area (Å²) in [5, 5.41) is 0.894. The standard InChI is InChI=1S/C14H11NO2S2/c16-12-7-4-8-13-15(12)11(9-18-13)14(17)19-10-5-2-1-3-6-10/h1-8,11H,9H2. The van der Waals surface area contributed by atoms with Crippen LogP contribution in [0.5, 0.6) is 0 Å². The average Bonchev–Trinajstić information content (AvgIpc) is 2.85. The summed E-state index contributed by atoms with van der Waals surface area (Å²) in [7, 11) is 0. The van der Waals surface area contributed by atoms with Crippen molar-refractivity contribution in [1.82, 2.24) is 4.57 Å². The Morgan fingerprint density at radius 2 is 1.95 bits per heavy atom. The summed E-state index contributed by atoms with van der Waals surface area (Å²) in [6, 6.07) is 14.3. The minimum absolute atomic E-state index is 0.0192. The number of nitrogens with zero attached hydrogens (tertiary/aromatic N) is 1. The van der Waals surface area contributed by atoms with Crippen LogP contribution < -0.4 is 5.56 Å². The number of thioether (sulfide) groups is 2. The highest BCUT2D eigenvalue weighted by atomic mass is 32.2. The highest BCUT2D eigenvalue weighted by Crippen LogP contribution is 2.35. The first-order valence-electron chi connectivity index (χ1n) is 5.87. The third-order valence-corrected chi connectivity index (χ3v) is 4.98. The monoisotopic (exact) mass is 289 g/mol. The summed E-state index contributed by atoms with van der Waals surface area (Å²) in [6.45, 7) is 0. The molecule has 2 heterocycles. The average molecular weight is 289 g/mol. The van der Waals surface area contributed by atoms with Gasteiger partial charge in [-0.05, 0) is 30.0 Å². The van der Waals surface area contributed by atoms with Gasteiger partial charge in [0, 0.05) is 16.7 Å². The molecule has 0 saturated heterocycles. The smallest absolute Gasteiger partial charge is 0.252 e. The zero-order valence-electron chi connectivity index (χ0n) is 9.98. The molecule has 0 amide bonds. The van der Waals surface area contributed by atoms with E-state index < -0.39 is 0 Å². The van der Waals surface area contributed by atoms with Crippen molar-refractivity contribution in [3.05, 3.63) is 58.9 Å². The van der Waals surface area contributed by atoms with E-state index in [0.717, 1.165) is 9.92 Å². The van der Waals surface area contributed by atoms with E-state index in [0.29, 0.717) is 5.75 Å². The van der Waals surface area contributed by atoms with Crippen LogP contribution >= 0.6 is 23.5 Å². The first-order valence-corrected chi connectivity index (χ1v) is 7.67. The number of carbonyl (C=O) groups is 1. The fraction of sp³-hybridized carbons (Fsp3) is 0.143. The molecule has 0 spiro atoms. The Bertz CT molecular complexity index is 667. The normalized spacial score (nSPS) is 17.2. The minimum atomic E-state index is -0.362. The van der Waals surface area contributed by atoms with Gasteiger partial charge in [0.1, 0.15) is 6.04 Å². The molecular weight excluding hydrogens is 278 g/mol. The molecular formula is C14H11NO2S2. The van der Waals surface area contributed by atoms with Crippen molar-refractivity contribution >= 4 is 28.6 Å². The van der Waals surface area contributed by atoms with Crippen LogP contribution in [-0.2, 0) is 4.79 Å². The quantitative estimate of drug-likeness (QED) is 0.797. The van der Waals surface area contributed by atoms with E-state index in [9.17, 15) is 9.59 Å². The van der Waals surface area contributed by atoms with Crippen LogP contribution in [0.4, 0.5) is 0 Å². The highest BCUT2D eigenvalue weighted by Gasteiger charge is 2.29. The first kappa shape index (κ1) is 12.6. The lowest BCUT2D eigenvalue weighted by molar-refractivity contribution is -0.113. The molecule has 1 atom stereocenters. The molecule has 1 aromatic carbocycles. The van der Waals surface area contributed by atoms with Crippen LogP contribution in [0.25, 0.3) is 0 Å². The number of fused-ring (bicyclic) bond motifs is 1. The molecule has 0 aliphatic carbocycles. The molecule has 3 rings (SSSR count). The third-order valence-electron chi connectivity index (χ3n) is 2.89. The fourth-order valence-corrected chi connectivity index (χ4v) is 4.11.